The number of thiophene rings is 1. The number of anilines is 3. The van der Waals surface area contributed by atoms with E-state index in [9.17, 15) is 42.3 Å². The number of ether oxygens (including phenoxy) is 1. The third kappa shape index (κ3) is 10.2. The van der Waals surface area contributed by atoms with Crippen molar-refractivity contribution >= 4 is 85.6 Å². The van der Waals surface area contributed by atoms with Crippen LogP contribution in [0.4, 0.5) is 17.1 Å². The largest absolute Gasteiger partial charge is 0.479 e. The van der Waals surface area contributed by atoms with Crippen molar-refractivity contribution in [1.82, 2.24) is 19.4 Å². The fraction of sp³-hybridized carbons (Fsp3) is 0.362. The molecule has 21 heteroatoms. The highest BCUT2D eigenvalue weighted by Gasteiger charge is 2.42. The van der Waals surface area contributed by atoms with Crippen LogP contribution in [-0.4, -0.2) is 119 Å². The smallest absolute Gasteiger partial charge is 0.349 e. The first kappa shape index (κ1) is 48.0. The van der Waals surface area contributed by atoms with Crippen LogP contribution in [0.2, 0.25) is 5.02 Å². The zero-order valence-electron chi connectivity index (χ0n) is 37.2. The van der Waals surface area contributed by atoms with Gasteiger partial charge in [-0.05, 0) is 80.6 Å². The Morgan fingerprint density at radius 3 is 2.46 bits per heavy atom. The number of carboxylic acids is 2. The average molecular weight is 989 g/mol. The molecule has 5 heterocycles. The van der Waals surface area contributed by atoms with Gasteiger partial charge in [-0.25, -0.2) is 18.0 Å². The van der Waals surface area contributed by atoms with E-state index < -0.39 is 40.0 Å². The molecule has 2 atom stereocenters. The van der Waals surface area contributed by atoms with Crippen LogP contribution in [-0.2, 0) is 41.5 Å². The van der Waals surface area contributed by atoms with Crippen LogP contribution in [0.15, 0.2) is 79.0 Å². The molecule has 4 aliphatic heterocycles. The number of likely N-dealkylation sites (tertiary alicyclic amines) is 1. The molecular weight excluding hydrogens is 938 g/mol. The molecule has 0 saturated carbocycles. The number of hydrogen-bond donors (Lipinski definition) is 6. The van der Waals surface area contributed by atoms with Crippen LogP contribution in [0.25, 0.3) is 10.4 Å². The normalized spacial score (nSPS) is 19.4. The van der Waals surface area contributed by atoms with Crippen LogP contribution < -0.4 is 26.0 Å². The molecule has 3 aromatic carbocycles. The molecule has 1 aromatic heterocycles. The number of nitrogens with one attached hydrogen (secondary N) is 4. The number of sulfonamides is 1. The zero-order chi connectivity index (χ0) is 48.7. The molecule has 4 aromatic rings. The first-order valence-electron chi connectivity index (χ1n) is 21.9. The van der Waals surface area contributed by atoms with Crippen molar-refractivity contribution in [2.45, 2.75) is 69.5 Å². The van der Waals surface area contributed by atoms with Gasteiger partial charge in [-0.2, -0.15) is 4.31 Å². The van der Waals surface area contributed by atoms with E-state index in [1.54, 1.807) is 64.4 Å². The second kappa shape index (κ2) is 19.3. The third-order valence-corrected chi connectivity index (χ3v) is 16.3. The highest BCUT2D eigenvalue weighted by atomic mass is 35.5. The van der Waals surface area contributed by atoms with Crippen molar-refractivity contribution < 1.29 is 52.1 Å². The standard InChI is InChI=1S/C47H50ClN7O11S2/c1-26-36(13-14-37(56)50-26)54-23-34-33(45(54)61)11-6-12-35(34)49-20-38(57)53-21-29(22-53)44(60)52-30-9-4-7-27(17-30)25-68(64,65)55-16-15-32(19-47(55,2)3)51-31-10-5-8-28(18-31)42-40(48)41(66-24-39(58)59)43(67-42)46(62)63/h4-12,17-18,29,32,36,49,51H,1,13-16,19-25H2,2-3H3,(H,50,56)(H,52,60)(H,58,59)(H,62,63)/t32-,36?/m0/s1. The summed E-state index contributed by atoms with van der Waals surface area (Å²) >= 11 is 7.39. The summed E-state index contributed by atoms with van der Waals surface area (Å²) in [5, 5.41) is 31.0. The lowest BCUT2D eigenvalue weighted by Crippen LogP contribution is -2.55. The number of carboxylic acid groups (broad SMARTS) is 2. The Balaban J connectivity index is 0.816. The maximum absolute atomic E-state index is 14.0. The minimum Gasteiger partial charge on any atom is -0.479 e. The van der Waals surface area contributed by atoms with Gasteiger partial charge in [0.25, 0.3) is 5.91 Å². The number of carbonyl (C=O) groups is 6. The number of amides is 4. The highest BCUT2D eigenvalue weighted by molar-refractivity contribution is 7.88. The molecule has 4 amide bonds. The molecule has 0 radical (unpaired) electrons. The number of nitrogens with zero attached hydrogens (tertiary/aromatic N) is 3. The van der Waals surface area contributed by atoms with Crippen LogP contribution in [0.3, 0.4) is 0 Å². The van der Waals surface area contributed by atoms with Crippen molar-refractivity contribution in [2.75, 3.05) is 48.7 Å². The number of benzene rings is 3. The number of halogens is 1. The number of aromatic carboxylic acids is 1. The molecule has 0 aliphatic carbocycles. The number of rotatable bonds is 16. The Labute approximate surface area is 401 Å². The molecule has 4 aliphatic rings. The van der Waals surface area contributed by atoms with Crippen LogP contribution in [0.1, 0.15) is 70.7 Å². The molecule has 358 valence electrons. The summed E-state index contributed by atoms with van der Waals surface area (Å²) in [7, 11) is -3.83. The van der Waals surface area contributed by atoms with Gasteiger partial charge in [-0.15, -0.1) is 11.3 Å². The van der Waals surface area contributed by atoms with Gasteiger partial charge in [0, 0.05) is 78.1 Å². The van der Waals surface area contributed by atoms with Gasteiger partial charge < -0.3 is 46.0 Å². The Morgan fingerprint density at radius 1 is 1.00 bits per heavy atom. The number of hydrogen-bond acceptors (Lipinski definition) is 12. The van der Waals surface area contributed by atoms with Crippen molar-refractivity contribution in [3.63, 3.8) is 0 Å². The van der Waals surface area contributed by atoms with E-state index in [1.807, 2.05) is 26.0 Å². The molecule has 18 nitrogen and oxygen atoms in total. The van der Waals surface area contributed by atoms with Gasteiger partial charge in [0.1, 0.15) is 5.02 Å². The van der Waals surface area contributed by atoms with E-state index in [0.717, 1.165) is 16.9 Å². The molecule has 1 unspecified atom stereocenters. The highest BCUT2D eigenvalue weighted by Crippen LogP contribution is 2.46. The van der Waals surface area contributed by atoms with Gasteiger partial charge in [-0.1, -0.05) is 48.5 Å². The summed E-state index contributed by atoms with van der Waals surface area (Å²) in [4.78, 5) is 78.0. The van der Waals surface area contributed by atoms with E-state index in [-0.39, 0.29) is 83.3 Å². The van der Waals surface area contributed by atoms with Crippen molar-refractivity contribution in [1.29, 1.82) is 0 Å². The molecule has 6 N–H and O–H groups in total. The Hall–Kier alpha value is -6.48. The number of piperidine rings is 2. The minimum absolute atomic E-state index is 0.00868. The lowest BCUT2D eigenvalue weighted by atomic mass is 9.89. The number of carbonyl (C=O) groups excluding carboxylic acids is 4. The van der Waals surface area contributed by atoms with E-state index in [2.05, 4.69) is 27.8 Å². The van der Waals surface area contributed by atoms with E-state index in [4.69, 9.17) is 21.4 Å². The topological polar surface area (TPSA) is 244 Å². The van der Waals surface area contributed by atoms with Gasteiger partial charge in [0.05, 0.1) is 29.1 Å². The third-order valence-electron chi connectivity index (χ3n) is 12.6. The number of fused-ring (bicyclic) bond motifs is 1. The van der Waals surface area contributed by atoms with Crippen LogP contribution in [0.5, 0.6) is 5.75 Å². The lowest BCUT2D eigenvalue weighted by molar-refractivity contribution is -0.140. The average Bonchev–Trinajstić information content (AvgIpc) is 3.77. The predicted molar refractivity (Wildman–Crippen MR) is 255 cm³/mol. The monoisotopic (exact) mass is 987 g/mol. The van der Waals surface area contributed by atoms with E-state index in [1.165, 1.54) is 4.31 Å². The summed E-state index contributed by atoms with van der Waals surface area (Å²) in [5.41, 5.74) is 3.88. The van der Waals surface area contributed by atoms with Crippen molar-refractivity contribution in [2.24, 2.45) is 5.92 Å². The number of aliphatic carboxylic acids is 1. The van der Waals surface area contributed by atoms with Crippen molar-refractivity contribution in [3.8, 4) is 16.2 Å². The fourth-order valence-electron chi connectivity index (χ4n) is 9.28. The van der Waals surface area contributed by atoms with Crippen molar-refractivity contribution in [3.05, 3.63) is 106 Å². The summed E-state index contributed by atoms with van der Waals surface area (Å²) in [6.07, 6.45) is 1.74. The van der Waals surface area contributed by atoms with Crippen LogP contribution >= 0.6 is 22.9 Å². The van der Waals surface area contributed by atoms with Gasteiger partial charge in [-0.3, -0.25) is 19.2 Å². The second-order valence-electron chi connectivity index (χ2n) is 17.9. The summed E-state index contributed by atoms with van der Waals surface area (Å²) in [5.74, 6) is -4.33. The Morgan fingerprint density at radius 2 is 1.74 bits per heavy atom. The van der Waals surface area contributed by atoms with Gasteiger partial charge in [0.15, 0.2) is 17.2 Å². The molecule has 3 saturated heterocycles. The molecule has 3 fully saturated rings. The van der Waals surface area contributed by atoms with Gasteiger partial charge in [0.2, 0.25) is 27.7 Å². The lowest BCUT2D eigenvalue weighted by Gasteiger charge is -2.45. The molecule has 68 heavy (non-hydrogen) atoms. The summed E-state index contributed by atoms with van der Waals surface area (Å²) in [6, 6.07) is 18.7. The molecular formula is C47H50ClN7O11S2. The quantitative estimate of drug-likeness (QED) is 0.0794. The molecule has 8 rings (SSSR count). The van der Waals surface area contributed by atoms with E-state index >= 15 is 0 Å². The summed E-state index contributed by atoms with van der Waals surface area (Å²) in [6.45, 7) is 7.86. The molecule has 0 bridgehead atoms. The molecule has 0 spiro atoms. The maximum Gasteiger partial charge on any atom is 0.349 e. The Bertz CT molecular complexity index is 2840. The maximum atomic E-state index is 14.0. The summed E-state index contributed by atoms with van der Waals surface area (Å²) < 4.78 is 34.7. The van der Waals surface area contributed by atoms with Crippen LogP contribution in [0, 0.1) is 5.92 Å². The van der Waals surface area contributed by atoms with E-state index in [0.29, 0.717) is 76.6 Å². The fourth-order valence-corrected chi connectivity index (χ4v) is 12.6. The predicted octanol–water partition coefficient (Wildman–Crippen LogP) is 5.67. The van der Waals surface area contributed by atoms with Gasteiger partial charge >= 0.3 is 11.9 Å². The second-order valence-corrected chi connectivity index (χ2v) is 21.2. The minimum atomic E-state index is -3.83. The first-order valence-corrected chi connectivity index (χ1v) is 24.7. The Kier molecular flexibility index (Phi) is 13.6. The first-order chi connectivity index (χ1) is 32.3. The zero-order valence-corrected chi connectivity index (χ0v) is 39.6. The SMILES string of the molecule is C=C1NC(=O)CCC1N1Cc2c(NCC(=O)N3CC(C(=O)Nc4cccc(CS(=O)(=O)N5CC[C@H](Nc6cccc(-c7sc(C(=O)O)c(OCC(=O)O)c7Cl)c6)CC5(C)C)c4)C3)cccc2C1=O.